The molecule has 0 spiro atoms. The molecule has 2 aromatic rings. The van der Waals surface area contributed by atoms with E-state index in [2.05, 4.69) is 37.7 Å². The van der Waals surface area contributed by atoms with E-state index >= 15 is 0 Å². The minimum absolute atomic E-state index is 0.325. The first-order chi connectivity index (χ1) is 14.9. The van der Waals surface area contributed by atoms with Crippen LogP contribution in [-0.4, -0.2) is 35.1 Å². The van der Waals surface area contributed by atoms with Gasteiger partial charge in [0, 0.05) is 24.3 Å². The number of benzene rings is 2. The van der Waals surface area contributed by atoms with Gasteiger partial charge in [0.15, 0.2) is 10.2 Å². The molecule has 0 heterocycles. The lowest BCUT2D eigenvalue weighted by Crippen LogP contribution is -2.46. The van der Waals surface area contributed by atoms with Crippen molar-refractivity contribution in [1.82, 2.24) is 32.3 Å². The highest BCUT2D eigenvalue weighted by Crippen LogP contribution is 2.21. The molecule has 0 fully saturated rings. The molecule has 0 unspecified atom stereocenters. The zero-order chi connectivity index (χ0) is 22.6. The first kappa shape index (κ1) is 23.8. The minimum Gasteiger partial charge on any atom is -0.362 e. The Kier molecular flexibility index (Phi) is 9.46. The zero-order valence-corrected chi connectivity index (χ0v) is 18.8. The van der Waals surface area contributed by atoms with Crippen molar-refractivity contribution >= 4 is 57.8 Å². The second-order valence-electron chi connectivity index (χ2n) is 6.13. The summed E-state index contributed by atoms with van der Waals surface area (Å²) in [7, 11) is 0. The van der Waals surface area contributed by atoms with Gasteiger partial charge in [-0.25, -0.2) is 0 Å². The fraction of sp³-hybridized carbons (Fsp3) is 0.200. The molecule has 2 aromatic carbocycles. The van der Waals surface area contributed by atoms with Crippen LogP contribution in [0.15, 0.2) is 48.5 Å². The maximum absolute atomic E-state index is 12.5. The molecule has 0 aromatic heterocycles. The van der Waals surface area contributed by atoms with Gasteiger partial charge in [-0.2, -0.15) is 0 Å². The van der Waals surface area contributed by atoms with Crippen molar-refractivity contribution in [3.05, 3.63) is 59.7 Å². The molecule has 0 radical (unpaired) electrons. The van der Waals surface area contributed by atoms with Gasteiger partial charge in [-0.15, -0.1) is 0 Å². The maximum Gasteiger partial charge on any atom is 0.271 e. The average molecular weight is 460 g/mol. The predicted octanol–water partition coefficient (Wildman–Crippen LogP) is 1.69. The monoisotopic (exact) mass is 459 g/mol. The summed E-state index contributed by atoms with van der Waals surface area (Å²) >= 11 is 10.0. The Balaban J connectivity index is 2.00. The Bertz CT molecular complexity index is 935. The summed E-state index contributed by atoms with van der Waals surface area (Å²) in [6, 6.07) is 13.9. The van der Waals surface area contributed by atoms with Gasteiger partial charge in [-0.3, -0.25) is 31.3 Å². The molecule has 0 saturated carbocycles. The number of hydrogen-bond acceptors (Lipinski definition) is 5. The van der Waals surface area contributed by atoms with E-state index in [1.54, 1.807) is 42.5 Å². The molecular weight excluding hydrogens is 434 g/mol. The highest BCUT2D eigenvalue weighted by molar-refractivity contribution is 7.80. The number of nitrogens with one attached hydrogen (secondary N) is 7. The summed E-state index contributed by atoms with van der Waals surface area (Å²) in [6.07, 6.45) is 0. The van der Waals surface area contributed by atoms with Crippen molar-refractivity contribution in [2.75, 3.05) is 18.4 Å². The van der Waals surface area contributed by atoms with Crippen LogP contribution in [-0.2, 0) is 0 Å². The third-order valence-corrected chi connectivity index (χ3v) is 4.34. The topological polar surface area (TPSA) is 118 Å². The van der Waals surface area contributed by atoms with Gasteiger partial charge in [0.1, 0.15) is 0 Å². The van der Waals surface area contributed by atoms with Crippen molar-refractivity contribution in [1.29, 1.82) is 0 Å². The van der Waals surface area contributed by atoms with E-state index in [9.17, 15) is 9.59 Å². The van der Waals surface area contributed by atoms with Crippen LogP contribution in [0.4, 0.5) is 11.4 Å². The van der Waals surface area contributed by atoms with Crippen LogP contribution in [0.1, 0.15) is 34.6 Å². The Morgan fingerprint density at radius 3 is 1.87 bits per heavy atom. The number of hydrazine groups is 2. The lowest BCUT2D eigenvalue weighted by atomic mass is 10.1. The van der Waals surface area contributed by atoms with E-state index in [0.29, 0.717) is 45.8 Å². The smallest absolute Gasteiger partial charge is 0.271 e. The van der Waals surface area contributed by atoms with Crippen molar-refractivity contribution in [3.8, 4) is 0 Å². The van der Waals surface area contributed by atoms with Crippen LogP contribution in [0.2, 0.25) is 0 Å². The van der Waals surface area contributed by atoms with Crippen LogP contribution in [0.5, 0.6) is 0 Å². The van der Waals surface area contributed by atoms with E-state index in [1.165, 1.54) is 0 Å². The third-order valence-electron chi connectivity index (χ3n) is 3.85. The molecule has 164 valence electrons. The Morgan fingerprint density at radius 1 is 0.742 bits per heavy atom. The maximum atomic E-state index is 12.5. The first-order valence-corrected chi connectivity index (χ1v) is 10.4. The molecule has 11 heteroatoms. The van der Waals surface area contributed by atoms with Gasteiger partial charge >= 0.3 is 0 Å². The summed E-state index contributed by atoms with van der Waals surface area (Å²) in [5, 5.41) is 9.61. The number of thiocarbonyl (C=S) groups is 2. The summed E-state index contributed by atoms with van der Waals surface area (Å²) in [6.45, 7) is 5.10. The number of amides is 2. The highest BCUT2D eigenvalue weighted by Gasteiger charge is 2.12. The number of para-hydroxylation sites is 1. The van der Waals surface area contributed by atoms with E-state index < -0.39 is 0 Å². The lowest BCUT2D eigenvalue weighted by molar-refractivity contribution is 0.0936. The zero-order valence-electron chi connectivity index (χ0n) is 17.2. The van der Waals surface area contributed by atoms with E-state index in [-0.39, 0.29) is 11.8 Å². The second-order valence-corrected chi connectivity index (χ2v) is 6.94. The molecule has 2 amide bonds. The van der Waals surface area contributed by atoms with Gasteiger partial charge in [0.2, 0.25) is 0 Å². The van der Waals surface area contributed by atoms with Gasteiger partial charge in [-0.1, -0.05) is 12.1 Å². The van der Waals surface area contributed by atoms with Crippen LogP contribution >= 0.6 is 24.4 Å². The first-order valence-electron chi connectivity index (χ1n) is 9.59. The minimum atomic E-state index is -0.345. The molecule has 0 aliphatic rings. The quantitative estimate of drug-likeness (QED) is 0.256. The van der Waals surface area contributed by atoms with Crippen LogP contribution in [0.25, 0.3) is 0 Å². The molecular formula is C20H25N7O2S2. The third kappa shape index (κ3) is 7.72. The standard InChI is InChI=1S/C20H25N7O2S2/c1-3-21-19(30)26-24-17(28)13-9-11-14(12-10-13)23-16-8-6-5-7-15(16)18(29)25-27-20(31)22-4-2/h5-12,23H,3-4H2,1-2H3,(H,24,28)(H,25,29)(H2,21,26,30)(H2,22,27,31). The fourth-order valence-corrected chi connectivity index (χ4v) is 2.82. The number of anilines is 2. The molecule has 0 atom stereocenters. The predicted molar refractivity (Wildman–Crippen MR) is 130 cm³/mol. The molecule has 0 aliphatic heterocycles. The van der Waals surface area contributed by atoms with Gasteiger partial charge in [0.05, 0.1) is 11.3 Å². The normalized spacial score (nSPS) is 9.74. The SMILES string of the molecule is CCNC(=S)NNC(=O)c1ccc(Nc2ccccc2C(=O)NNC(=S)NCC)cc1. The van der Waals surface area contributed by atoms with Gasteiger partial charge < -0.3 is 16.0 Å². The molecule has 0 aliphatic carbocycles. The largest absolute Gasteiger partial charge is 0.362 e. The lowest BCUT2D eigenvalue weighted by Gasteiger charge is -2.14. The fourth-order valence-electron chi connectivity index (χ4n) is 2.43. The van der Waals surface area contributed by atoms with Crippen molar-refractivity contribution in [2.45, 2.75) is 13.8 Å². The van der Waals surface area contributed by atoms with Gasteiger partial charge in [-0.05, 0) is 74.7 Å². The average Bonchev–Trinajstić information content (AvgIpc) is 2.77. The van der Waals surface area contributed by atoms with Crippen LogP contribution in [0.3, 0.4) is 0 Å². The Hall–Kier alpha value is -3.44. The number of rotatable bonds is 6. The number of hydrogen-bond donors (Lipinski definition) is 7. The van der Waals surface area contributed by atoms with E-state index in [1.807, 2.05) is 19.9 Å². The van der Waals surface area contributed by atoms with Crippen LogP contribution in [0, 0.1) is 0 Å². The summed E-state index contributed by atoms with van der Waals surface area (Å²) in [4.78, 5) is 24.7. The Morgan fingerprint density at radius 2 is 1.29 bits per heavy atom. The summed E-state index contributed by atoms with van der Waals surface area (Å²) in [5.41, 5.74) is 12.5. The Labute approximate surface area is 191 Å². The molecule has 0 bridgehead atoms. The molecule has 0 saturated heterocycles. The molecule has 2 rings (SSSR count). The van der Waals surface area contributed by atoms with Crippen molar-refractivity contribution in [2.24, 2.45) is 0 Å². The summed E-state index contributed by atoms with van der Waals surface area (Å²) in [5.74, 6) is -0.670. The van der Waals surface area contributed by atoms with Crippen molar-refractivity contribution < 1.29 is 9.59 Å². The molecule has 31 heavy (non-hydrogen) atoms. The van der Waals surface area contributed by atoms with Gasteiger partial charge in [0.25, 0.3) is 11.8 Å². The highest BCUT2D eigenvalue weighted by atomic mass is 32.1. The molecule has 9 nitrogen and oxygen atoms in total. The van der Waals surface area contributed by atoms with E-state index in [4.69, 9.17) is 24.4 Å². The number of carbonyl (C=O) groups is 2. The summed E-state index contributed by atoms with van der Waals surface area (Å²) < 4.78 is 0. The molecule has 7 N–H and O–H groups in total. The van der Waals surface area contributed by atoms with E-state index in [0.717, 1.165) is 0 Å². The van der Waals surface area contributed by atoms with Crippen LogP contribution < -0.4 is 37.7 Å². The second kappa shape index (κ2) is 12.3. The number of carbonyl (C=O) groups excluding carboxylic acids is 2. The van der Waals surface area contributed by atoms with Crippen molar-refractivity contribution in [3.63, 3.8) is 0 Å².